The summed E-state index contributed by atoms with van der Waals surface area (Å²) in [4.78, 5) is 4.34. The molecular weight excluding hydrogens is 270 g/mol. The van der Waals surface area contributed by atoms with Crippen molar-refractivity contribution in [1.29, 1.82) is 0 Å². The molecule has 0 saturated carbocycles. The predicted octanol–water partition coefficient (Wildman–Crippen LogP) is 2.14. The molecule has 1 aromatic rings. The van der Waals surface area contributed by atoms with Gasteiger partial charge in [-0.25, -0.2) is 4.98 Å². The van der Waals surface area contributed by atoms with Crippen LogP contribution in [0, 0.1) is 0 Å². The Morgan fingerprint density at radius 3 is 2.94 bits per heavy atom. The van der Waals surface area contributed by atoms with Gasteiger partial charge in [0.2, 0.25) is 0 Å². The molecule has 0 radical (unpaired) electrons. The molecule has 3 nitrogen and oxygen atoms in total. The van der Waals surface area contributed by atoms with Gasteiger partial charge in [-0.2, -0.15) is 23.5 Å². The van der Waals surface area contributed by atoms with Crippen LogP contribution in [0.3, 0.4) is 0 Å². The second-order valence-electron chi connectivity index (χ2n) is 4.32. The van der Waals surface area contributed by atoms with E-state index in [0.29, 0.717) is 16.5 Å². The van der Waals surface area contributed by atoms with Crippen LogP contribution in [0.15, 0.2) is 11.6 Å². The number of hydrogen-bond donors (Lipinski definition) is 2. The van der Waals surface area contributed by atoms with Gasteiger partial charge >= 0.3 is 0 Å². The largest absolute Gasteiger partial charge is 0.271 e. The molecule has 1 aliphatic heterocycles. The Balaban J connectivity index is 1.94. The minimum atomic E-state index is 0.327. The zero-order chi connectivity index (χ0) is 12.3. The van der Waals surface area contributed by atoms with Crippen LogP contribution in [-0.2, 0) is 6.42 Å². The minimum Gasteiger partial charge on any atom is -0.271 e. The lowest BCUT2D eigenvalue weighted by molar-refractivity contribution is 0.520. The molecular formula is C11H19N3S3. The van der Waals surface area contributed by atoms with Gasteiger partial charge in [0, 0.05) is 45.5 Å². The minimum absolute atomic E-state index is 0.327. The standard InChI is InChI=1S/C11H19N3S3/c1-7-8(2)17-10(6-16-7)9(14-12)5-11-13-3-4-15-11/h3-4,7-10,14H,5-6,12H2,1-2H3. The van der Waals surface area contributed by atoms with Gasteiger partial charge in [-0.1, -0.05) is 13.8 Å². The summed E-state index contributed by atoms with van der Waals surface area (Å²) in [5, 5.41) is 5.22. The summed E-state index contributed by atoms with van der Waals surface area (Å²) in [6.07, 6.45) is 2.80. The summed E-state index contributed by atoms with van der Waals surface area (Å²) >= 11 is 5.83. The number of nitrogens with two attached hydrogens (primary N) is 1. The Morgan fingerprint density at radius 2 is 2.35 bits per heavy atom. The lowest BCUT2D eigenvalue weighted by atomic mass is 10.1. The van der Waals surface area contributed by atoms with E-state index in [2.05, 4.69) is 47.8 Å². The summed E-state index contributed by atoms with van der Waals surface area (Å²) in [7, 11) is 0. The quantitative estimate of drug-likeness (QED) is 0.657. The second kappa shape index (κ2) is 6.43. The predicted molar refractivity (Wildman–Crippen MR) is 79.7 cm³/mol. The third kappa shape index (κ3) is 3.61. The van der Waals surface area contributed by atoms with Crippen LogP contribution in [0.25, 0.3) is 0 Å². The average Bonchev–Trinajstić information content (AvgIpc) is 2.82. The first kappa shape index (κ1) is 13.7. The van der Waals surface area contributed by atoms with Crippen molar-refractivity contribution in [3.05, 3.63) is 16.6 Å². The summed E-state index contributed by atoms with van der Waals surface area (Å²) in [6, 6.07) is 0.327. The van der Waals surface area contributed by atoms with E-state index < -0.39 is 0 Å². The number of thioether (sulfide) groups is 2. The van der Waals surface area contributed by atoms with Crippen LogP contribution in [-0.4, -0.2) is 32.5 Å². The van der Waals surface area contributed by atoms with Crippen molar-refractivity contribution in [2.75, 3.05) is 5.75 Å². The monoisotopic (exact) mass is 289 g/mol. The van der Waals surface area contributed by atoms with Crippen molar-refractivity contribution in [2.45, 2.75) is 42.1 Å². The fourth-order valence-electron chi connectivity index (χ4n) is 1.86. The number of hydrogen-bond acceptors (Lipinski definition) is 6. The Labute approximate surface area is 115 Å². The van der Waals surface area contributed by atoms with E-state index in [1.807, 2.05) is 11.6 Å². The van der Waals surface area contributed by atoms with Gasteiger partial charge in [0.25, 0.3) is 0 Å². The molecule has 4 atom stereocenters. The molecule has 2 rings (SSSR count). The van der Waals surface area contributed by atoms with Crippen LogP contribution in [0.2, 0.25) is 0 Å². The van der Waals surface area contributed by atoms with Crippen LogP contribution in [0.4, 0.5) is 0 Å². The van der Waals surface area contributed by atoms with Crippen molar-refractivity contribution in [1.82, 2.24) is 10.4 Å². The fourth-order valence-corrected chi connectivity index (χ4v) is 5.65. The summed E-state index contributed by atoms with van der Waals surface area (Å²) in [5.41, 5.74) is 2.98. The van der Waals surface area contributed by atoms with E-state index in [4.69, 9.17) is 5.84 Å². The van der Waals surface area contributed by atoms with Crippen LogP contribution >= 0.6 is 34.9 Å². The maximum atomic E-state index is 5.70. The summed E-state index contributed by atoms with van der Waals surface area (Å²) < 4.78 is 0. The maximum Gasteiger partial charge on any atom is 0.0941 e. The highest BCUT2D eigenvalue weighted by atomic mass is 32.2. The first-order valence-electron chi connectivity index (χ1n) is 5.82. The van der Waals surface area contributed by atoms with E-state index in [9.17, 15) is 0 Å². The molecule has 17 heavy (non-hydrogen) atoms. The van der Waals surface area contributed by atoms with Gasteiger partial charge in [-0.15, -0.1) is 11.3 Å². The number of hydrazine groups is 1. The van der Waals surface area contributed by atoms with E-state index >= 15 is 0 Å². The van der Waals surface area contributed by atoms with E-state index in [0.717, 1.165) is 11.7 Å². The first-order chi connectivity index (χ1) is 8.20. The number of rotatable bonds is 4. The van der Waals surface area contributed by atoms with Gasteiger partial charge in [-0.05, 0) is 0 Å². The molecule has 1 fully saturated rings. The van der Waals surface area contributed by atoms with Crippen LogP contribution in [0.5, 0.6) is 0 Å². The third-order valence-electron chi connectivity index (χ3n) is 3.11. The molecule has 0 aliphatic carbocycles. The molecule has 1 saturated heterocycles. The van der Waals surface area contributed by atoms with Gasteiger partial charge in [0.1, 0.15) is 0 Å². The Hall–Kier alpha value is 0.250. The van der Waals surface area contributed by atoms with Gasteiger partial charge in [-0.3, -0.25) is 11.3 Å². The molecule has 6 heteroatoms. The molecule has 1 aromatic heterocycles. The molecule has 1 aliphatic rings. The lowest BCUT2D eigenvalue weighted by Crippen LogP contribution is -2.47. The highest BCUT2D eigenvalue weighted by Gasteiger charge is 2.31. The van der Waals surface area contributed by atoms with Gasteiger partial charge in [0.05, 0.1) is 5.01 Å². The lowest BCUT2D eigenvalue weighted by Gasteiger charge is -2.35. The number of aromatic nitrogens is 1. The van der Waals surface area contributed by atoms with E-state index in [1.54, 1.807) is 11.3 Å². The van der Waals surface area contributed by atoms with Gasteiger partial charge in [0.15, 0.2) is 0 Å². The maximum absolute atomic E-state index is 5.70. The van der Waals surface area contributed by atoms with Crippen molar-refractivity contribution < 1.29 is 0 Å². The Morgan fingerprint density at radius 1 is 1.53 bits per heavy atom. The highest BCUT2D eigenvalue weighted by Crippen LogP contribution is 2.37. The Kier molecular flexibility index (Phi) is 5.17. The smallest absolute Gasteiger partial charge is 0.0941 e. The molecule has 0 spiro atoms. The molecule has 0 aromatic carbocycles. The Bertz CT molecular complexity index is 331. The number of nitrogens with zero attached hydrogens (tertiary/aromatic N) is 1. The fraction of sp³-hybridized carbons (Fsp3) is 0.727. The number of nitrogens with one attached hydrogen (secondary N) is 1. The van der Waals surface area contributed by atoms with Crippen LogP contribution < -0.4 is 11.3 Å². The molecule has 4 unspecified atom stereocenters. The molecule has 3 N–H and O–H groups in total. The molecule has 96 valence electrons. The van der Waals surface area contributed by atoms with Crippen molar-refractivity contribution >= 4 is 34.9 Å². The summed E-state index contributed by atoms with van der Waals surface area (Å²) in [5.74, 6) is 6.88. The molecule has 2 heterocycles. The normalized spacial score (nSPS) is 31.4. The van der Waals surface area contributed by atoms with E-state index in [-0.39, 0.29) is 0 Å². The van der Waals surface area contributed by atoms with E-state index in [1.165, 1.54) is 10.8 Å². The topological polar surface area (TPSA) is 50.9 Å². The molecule has 0 bridgehead atoms. The zero-order valence-electron chi connectivity index (χ0n) is 10.1. The summed E-state index contributed by atoms with van der Waals surface area (Å²) in [6.45, 7) is 4.62. The second-order valence-corrected chi connectivity index (χ2v) is 8.33. The number of thiazole rings is 1. The first-order valence-corrected chi connectivity index (χ1v) is 8.69. The average molecular weight is 289 g/mol. The molecule has 0 amide bonds. The van der Waals surface area contributed by atoms with Crippen molar-refractivity contribution in [3.8, 4) is 0 Å². The zero-order valence-corrected chi connectivity index (χ0v) is 12.6. The van der Waals surface area contributed by atoms with Crippen LogP contribution in [0.1, 0.15) is 18.9 Å². The highest BCUT2D eigenvalue weighted by molar-refractivity contribution is 8.07. The van der Waals surface area contributed by atoms with Crippen molar-refractivity contribution in [2.24, 2.45) is 5.84 Å². The van der Waals surface area contributed by atoms with Crippen molar-refractivity contribution in [3.63, 3.8) is 0 Å². The SMILES string of the molecule is CC1SCC(C(Cc2nccs2)NN)SC1C. The van der Waals surface area contributed by atoms with Gasteiger partial charge < -0.3 is 0 Å². The third-order valence-corrected chi connectivity index (χ3v) is 7.47.